The lowest BCUT2D eigenvalue weighted by Gasteiger charge is -2.22. The third-order valence-corrected chi connectivity index (χ3v) is 3.23. The summed E-state index contributed by atoms with van der Waals surface area (Å²) in [7, 11) is 0. The maximum atomic E-state index is 5.65. The molecule has 3 rings (SSSR count). The highest BCUT2D eigenvalue weighted by atomic mass is 16.5. The Morgan fingerprint density at radius 3 is 3.27 bits per heavy atom. The lowest BCUT2D eigenvalue weighted by molar-refractivity contribution is 0.179. The molecule has 5 nitrogen and oxygen atoms in total. The van der Waals surface area contributed by atoms with E-state index >= 15 is 0 Å². The highest BCUT2D eigenvalue weighted by Gasteiger charge is 2.39. The molecule has 2 aliphatic heterocycles. The maximum absolute atomic E-state index is 5.65. The van der Waals surface area contributed by atoms with Crippen LogP contribution in [0.2, 0.25) is 0 Å². The zero-order valence-corrected chi connectivity index (χ0v) is 8.47. The maximum Gasteiger partial charge on any atom is 0.227 e. The third-order valence-electron chi connectivity index (χ3n) is 3.23. The van der Waals surface area contributed by atoms with Crippen LogP contribution in [0.5, 0.6) is 0 Å². The Morgan fingerprint density at radius 2 is 2.40 bits per heavy atom. The zero-order chi connectivity index (χ0) is 10.3. The fourth-order valence-electron chi connectivity index (χ4n) is 2.43. The lowest BCUT2D eigenvalue weighted by atomic mass is 10.1. The predicted octanol–water partition coefficient (Wildman–Crippen LogP) is 0.284. The normalized spacial score (nSPS) is 29.5. The van der Waals surface area contributed by atoms with Gasteiger partial charge in [0.2, 0.25) is 5.95 Å². The van der Waals surface area contributed by atoms with Gasteiger partial charge in [-0.2, -0.15) is 4.98 Å². The first kappa shape index (κ1) is 8.91. The van der Waals surface area contributed by atoms with E-state index in [4.69, 9.17) is 10.5 Å². The van der Waals surface area contributed by atoms with Crippen LogP contribution < -0.4 is 10.6 Å². The molecule has 1 aromatic rings. The van der Waals surface area contributed by atoms with Crippen LogP contribution in [0.25, 0.3) is 0 Å². The van der Waals surface area contributed by atoms with Crippen molar-refractivity contribution < 1.29 is 4.74 Å². The van der Waals surface area contributed by atoms with Gasteiger partial charge in [0, 0.05) is 18.7 Å². The summed E-state index contributed by atoms with van der Waals surface area (Å²) in [6, 6.07) is 2.16. The summed E-state index contributed by atoms with van der Waals surface area (Å²) in [6.45, 7) is 2.69. The largest absolute Gasteiger partial charge is 0.384 e. The first-order valence-electron chi connectivity index (χ1n) is 5.27. The van der Waals surface area contributed by atoms with E-state index < -0.39 is 0 Å². The van der Waals surface area contributed by atoms with Crippen molar-refractivity contribution in [3.63, 3.8) is 0 Å². The summed E-state index contributed by atoms with van der Waals surface area (Å²) >= 11 is 0. The number of fused-ring (bicyclic) bond motifs is 1. The van der Waals surface area contributed by atoms with E-state index in [0.717, 1.165) is 25.7 Å². The summed E-state index contributed by atoms with van der Waals surface area (Å²) in [4.78, 5) is 10.7. The molecule has 0 unspecified atom stereocenters. The molecule has 0 amide bonds. The first-order chi connectivity index (χ1) is 7.34. The van der Waals surface area contributed by atoms with Gasteiger partial charge in [0.25, 0.3) is 0 Å². The van der Waals surface area contributed by atoms with E-state index in [1.165, 1.54) is 6.42 Å². The molecule has 0 aromatic carbocycles. The van der Waals surface area contributed by atoms with E-state index in [1.54, 1.807) is 12.3 Å². The average Bonchev–Trinajstić information content (AvgIpc) is 2.77. The molecule has 2 fully saturated rings. The van der Waals surface area contributed by atoms with Gasteiger partial charge in [-0.1, -0.05) is 0 Å². The molecule has 15 heavy (non-hydrogen) atoms. The molecule has 3 heterocycles. The summed E-state index contributed by atoms with van der Waals surface area (Å²) in [5.74, 6) is 1.92. The van der Waals surface area contributed by atoms with Gasteiger partial charge in [0.05, 0.1) is 19.3 Å². The Hall–Kier alpha value is -1.36. The number of nitrogens with zero attached hydrogens (tertiary/aromatic N) is 3. The minimum Gasteiger partial charge on any atom is -0.384 e. The molecule has 0 spiro atoms. The van der Waals surface area contributed by atoms with Crippen LogP contribution in [0.4, 0.5) is 11.8 Å². The smallest absolute Gasteiger partial charge is 0.227 e. The predicted molar refractivity (Wildman–Crippen MR) is 56.5 cm³/mol. The fraction of sp³-hybridized carbons (Fsp3) is 0.600. The van der Waals surface area contributed by atoms with Crippen LogP contribution >= 0.6 is 0 Å². The number of anilines is 2. The molecular formula is C10H14N4O. The van der Waals surface area contributed by atoms with Crippen LogP contribution in [-0.4, -0.2) is 35.8 Å². The quantitative estimate of drug-likeness (QED) is 0.715. The van der Waals surface area contributed by atoms with Crippen molar-refractivity contribution in [2.75, 3.05) is 30.4 Å². The van der Waals surface area contributed by atoms with Crippen molar-refractivity contribution in [3.8, 4) is 0 Å². The van der Waals surface area contributed by atoms with Crippen molar-refractivity contribution in [2.45, 2.75) is 12.5 Å². The Morgan fingerprint density at radius 1 is 1.47 bits per heavy atom. The second-order valence-electron chi connectivity index (χ2n) is 4.13. The Balaban J connectivity index is 1.88. The average molecular weight is 206 g/mol. The van der Waals surface area contributed by atoms with E-state index in [0.29, 0.717) is 17.8 Å². The van der Waals surface area contributed by atoms with Crippen LogP contribution in [0.1, 0.15) is 6.42 Å². The summed E-state index contributed by atoms with van der Waals surface area (Å²) < 4.78 is 5.46. The number of hydrogen-bond acceptors (Lipinski definition) is 5. The topological polar surface area (TPSA) is 64.3 Å². The van der Waals surface area contributed by atoms with Gasteiger partial charge in [-0.3, -0.25) is 0 Å². The molecular weight excluding hydrogens is 192 g/mol. The fourth-order valence-corrected chi connectivity index (χ4v) is 2.43. The molecule has 0 saturated carbocycles. The first-order valence-corrected chi connectivity index (χ1v) is 5.27. The minimum absolute atomic E-state index is 0.451. The number of hydrogen-bond donors (Lipinski definition) is 1. The number of nitrogens with two attached hydrogens (primary N) is 1. The van der Waals surface area contributed by atoms with Crippen molar-refractivity contribution in [3.05, 3.63) is 12.3 Å². The van der Waals surface area contributed by atoms with Gasteiger partial charge in [-0.25, -0.2) is 4.98 Å². The van der Waals surface area contributed by atoms with Crippen LogP contribution in [-0.2, 0) is 4.74 Å². The molecule has 0 radical (unpaired) electrons. The Bertz CT molecular complexity index is 370. The number of rotatable bonds is 1. The van der Waals surface area contributed by atoms with Gasteiger partial charge in [-0.05, 0) is 12.5 Å². The van der Waals surface area contributed by atoms with Crippen LogP contribution in [0, 0.1) is 5.92 Å². The highest BCUT2D eigenvalue weighted by Crippen LogP contribution is 2.31. The number of nitrogen functional groups attached to an aromatic ring is 1. The van der Waals surface area contributed by atoms with E-state index in [9.17, 15) is 0 Å². The van der Waals surface area contributed by atoms with Gasteiger partial charge >= 0.3 is 0 Å². The van der Waals surface area contributed by atoms with Gasteiger partial charge in [0.1, 0.15) is 5.82 Å². The second-order valence-corrected chi connectivity index (χ2v) is 4.13. The van der Waals surface area contributed by atoms with Crippen LogP contribution in [0.3, 0.4) is 0 Å². The Labute approximate surface area is 88.3 Å². The molecule has 0 bridgehead atoms. The zero-order valence-electron chi connectivity index (χ0n) is 8.47. The molecule has 1 aromatic heterocycles. The molecule has 2 saturated heterocycles. The van der Waals surface area contributed by atoms with E-state index in [2.05, 4.69) is 14.9 Å². The summed E-state index contributed by atoms with van der Waals surface area (Å²) in [5.41, 5.74) is 5.65. The highest BCUT2D eigenvalue weighted by molar-refractivity contribution is 5.40. The van der Waals surface area contributed by atoms with Crippen molar-refractivity contribution in [1.29, 1.82) is 0 Å². The Kier molecular flexibility index (Phi) is 1.98. The van der Waals surface area contributed by atoms with Gasteiger partial charge < -0.3 is 15.4 Å². The molecule has 2 aliphatic rings. The van der Waals surface area contributed by atoms with Crippen molar-refractivity contribution >= 4 is 11.8 Å². The summed E-state index contributed by atoms with van der Waals surface area (Å²) in [5, 5.41) is 0. The molecule has 0 aliphatic carbocycles. The lowest BCUT2D eigenvalue weighted by Crippen LogP contribution is -2.34. The SMILES string of the molecule is Nc1ccnc(N2CC[C@@H]3COC[C@@H]32)n1. The monoisotopic (exact) mass is 206 g/mol. The van der Waals surface area contributed by atoms with E-state index in [1.807, 2.05) is 0 Å². The standard InChI is InChI=1S/C10H14N4O/c11-9-1-3-12-10(13-9)14-4-2-7-5-15-6-8(7)14/h1,3,7-8H,2,4-6H2,(H2,11,12,13)/t7-,8+/m1/s1. The van der Waals surface area contributed by atoms with Gasteiger partial charge in [-0.15, -0.1) is 0 Å². The number of ether oxygens (including phenoxy) is 1. The van der Waals surface area contributed by atoms with Crippen molar-refractivity contribution in [1.82, 2.24) is 9.97 Å². The number of aromatic nitrogens is 2. The van der Waals surface area contributed by atoms with E-state index in [-0.39, 0.29) is 0 Å². The molecule has 2 atom stereocenters. The van der Waals surface area contributed by atoms with Crippen molar-refractivity contribution in [2.24, 2.45) is 5.92 Å². The summed E-state index contributed by atoms with van der Waals surface area (Å²) in [6.07, 6.45) is 2.88. The molecule has 2 N–H and O–H groups in total. The third kappa shape index (κ3) is 1.43. The van der Waals surface area contributed by atoms with Gasteiger partial charge in [0.15, 0.2) is 0 Å². The molecule has 80 valence electrons. The minimum atomic E-state index is 0.451. The second kappa shape index (κ2) is 3.34. The molecule has 5 heteroatoms. The van der Waals surface area contributed by atoms with Crippen LogP contribution in [0.15, 0.2) is 12.3 Å².